The number of anilines is 2. The number of aromatic nitrogens is 1. The zero-order valence-corrected chi connectivity index (χ0v) is 11.8. The van der Waals surface area contributed by atoms with Crippen molar-refractivity contribution in [3.05, 3.63) is 17.3 Å². The van der Waals surface area contributed by atoms with Crippen LogP contribution in [-0.4, -0.2) is 42.6 Å². The van der Waals surface area contributed by atoms with E-state index in [4.69, 9.17) is 17.3 Å². The van der Waals surface area contributed by atoms with Crippen molar-refractivity contribution in [2.24, 2.45) is 0 Å². The highest BCUT2D eigenvalue weighted by atomic mass is 35.5. The molecule has 0 aliphatic carbocycles. The molecule has 2 heterocycles. The molecule has 0 radical (unpaired) electrons. The molecule has 0 amide bonds. The van der Waals surface area contributed by atoms with Crippen LogP contribution in [0.15, 0.2) is 12.3 Å². The Bertz CT molecular complexity index is 410. The molecule has 18 heavy (non-hydrogen) atoms. The molecule has 1 aromatic heterocycles. The van der Waals surface area contributed by atoms with Crippen molar-refractivity contribution >= 4 is 23.1 Å². The summed E-state index contributed by atoms with van der Waals surface area (Å²) in [5.74, 6) is 0.814. The molecule has 1 aromatic rings. The van der Waals surface area contributed by atoms with Crippen LogP contribution >= 0.6 is 11.6 Å². The third-order valence-corrected chi connectivity index (χ3v) is 3.87. The molecule has 2 N–H and O–H groups in total. The lowest BCUT2D eigenvalue weighted by atomic mass is 10.2. The first-order valence-electron chi connectivity index (χ1n) is 6.48. The number of halogens is 1. The molecule has 2 rings (SSSR count). The first kappa shape index (κ1) is 13.4. The molecule has 0 saturated carbocycles. The summed E-state index contributed by atoms with van der Waals surface area (Å²) in [6.07, 6.45) is 4.20. The number of pyridine rings is 1. The van der Waals surface area contributed by atoms with E-state index in [1.54, 1.807) is 12.3 Å². The fourth-order valence-electron chi connectivity index (χ4n) is 2.65. The van der Waals surface area contributed by atoms with Gasteiger partial charge in [-0.2, -0.15) is 0 Å². The maximum atomic E-state index is 6.18. The molecule has 1 atom stereocenters. The highest BCUT2D eigenvalue weighted by Gasteiger charge is 2.24. The van der Waals surface area contributed by atoms with Gasteiger partial charge < -0.3 is 10.6 Å². The average molecular weight is 269 g/mol. The molecule has 1 fully saturated rings. The first-order valence-corrected chi connectivity index (χ1v) is 6.85. The van der Waals surface area contributed by atoms with Crippen LogP contribution in [0.4, 0.5) is 11.5 Å². The minimum absolute atomic E-state index is 0.605. The summed E-state index contributed by atoms with van der Waals surface area (Å²) >= 11 is 6.18. The van der Waals surface area contributed by atoms with Crippen LogP contribution in [0.1, 0.15) is 19.8 Å². The van der Waals surface area contributed by atoms with Crippen molar-refractivity contribution in [2.75, 3.05) is 37.3 Å². The zero-order chi connectivity index (χ0) is 13.1. The fraction of sp³-hybridized carbons (Fsp3) is 0.615. The normalized spacial score (nSPS) is 20.3. The predicted molar refractivity (Wildman–Crippen MR) is 77.2 cm³/mol. The van der Waals surface area contributed by atoms with E-state index in [0.717, 1.165) is 18.9 Å². The van der Waals surface area contributed by atoms with Crippen LogP contribution in [0, 0.1) is 0 Å². The van der Waals surface area contributed by atoms with Gasteiger partial charge in [-0.15, -0.1) is 0 Å². The smallest absolute Gasteiger partial charge is 0.147 e. The Kier molecular flexibility index (Phi) is 4.30. The van der Waals surface area contributed by atoms with Crippen molar-refractivity contribution in [3.8, 4) is 0 Å². The van der Waals surface area contributed by atoms with E-state index in [1.165, 1.54) is 19.4 Å². The Balaban J connectivity index is 2.05. The van der Waals surface area contributed by atoms with Gasteiger partial charge >= 0.3 is 0 Å². The maximum Gasteiger partial charge on any atom is 0.147 e. The fourth-order valence-corrected chi connectivity index (χ4v) is 2.97. The van der Waals surface area contributed by atoms with Crippen LogP contribution < -0.4 is 10.6 Å². The highest BCUT2D eigenvalue weighted by molar-refractivity contribution is 6.33. The second-order valence-electron chi connectivity index (χ2n) is 4.88. The monoisotopic (exact) mass is 268 g/mol. The van der Waals surface area contributed by atoms with Crippen LogP contribution in [0.2, 0.25) is 5.02 Å². The molecule has 1 aliphatic rings. The van der Waals surface area contributed by atoms with Gasteiger partial charge in [-0.3, -0.25) is 4.90 Å². The summed E-state index contributed by atoms with van der Waals surface area (Å²) in [6, 6.07) is 2.36. The van der Waals surface area contributed by atoms with E-state index < -0.39 is 0 Å². The second kappa shape index (κ2) is 5.76. The van der Waals surface area contributed by atoms with E-state index in [-0.39, 0.29) is 0 Å². The van der Waals surface area contributed by atoms with E-state index in [9.17, 15) is 0 Å². The van der Waals surface area contributed by atoms with Crippen LogP contribution in [0.25, 0.3) is 0 Å². The molecule has 0 bridgehead atoms. The van der Waals surface area contributed by atoms with Gasteiger partial charge in [-0.1, -0.05) is 18.5 Å². The lowest BCUT2D eigenvalue weighted by Crippen LogP contribution is -2.39. The molecule has 1 saturated heterocycles. The standard InChI is InChI=1S/C13H21ClN4/c1-3-18-6-4-5-11(18)9-17(2)13-12(14)7-10(15)8-16-13/h7-8,11H,3-6,9,15H2,1-2H3. The molecule has 0 aromatic carbocycles. The van der Waals surface area contributed by atoms with Crippen molar-refractivity contribution in [1.82, 2.24) is 9.88 Å². The predicted octanol–water partition coefficient (Wildman–Crippen LogP) is 2.24. The van der Waals surface area contributed by atoms with Crippen LogP contribution in [-0.2, 0) is 0 Å². The van der Waals surface area contributed by atoms with Crippen molar-refractivity contribution in [1.29, 1.82) is 0 Å². The SMILES string of the molecule is CCN1CCCC1CN(C)c1ncc(N)cc1Cl. The first-order chi connectivity index (χ1) is 8.61. The minimum atomic E-state index is 0.605. The van der Waals surface area contributed by atoms with Gasteiger partial charge in [0.1, 0.15) is 5.82 Å². The van der Waals surface area contributed by atoms with Gasteiger partial charge in [0, 0.05) is 19.6 Å². The number of likely N-dealkylation sites (N-methyl/N-ethyl adjacent to an activating group) is 2. The Morgan fingerprint density at radius 2 is 2.39 bits per heavy atom. The molecular weight excluding hydrogens is 248 g/mol. The lowest BCUT2D eigenvalue weighted by molar-refractivity contribution is 0.270. The molecule has 4 nitrogen and oxygen atoms in total. The van der Waals surface area contributed by atoms with Gasteiger partial charge in [0.25, 0.3) is 0 Å². The Morgan fingerprint density at radius 3 is 3.06 bits per heavy atom. The number of nitrogen functional groups attached to an aromatic ring is 1. The highest BCUT2D eigenvalue weighted by Crippen LogP contribution is 2.26. The molecule has 100 valence electrons. The number of hydrogen-bond donors (Lipinski definition) is 1. The van der Waals surface area contributed by atoms with E-state index in [1.807, 2.05) is 7.05 Å². The molecule has 5 heteroatoms. The van der Waals surface area contributed by atoms with Gasteiger partial charge in [0.05, 0.1) is 16.9 Å². The second-order valence-corrected chi connectivity index (χ2v) is 5.29. The maximum absolute atomic E-state index is 6.18. The van der Waals surface area contributed by atoms with Gasteiger partial charge in [-0.05, 0) is 32.0 Å². The van der Waals surface area contributed by atoms with Crippen molar-refractivity contribution in [2.45, 2.75) is 25.8 Å². The van der Waals surface area contributed by atoms with Crippen molar-refractivity contribution in [3.63, 3.8) is 0 Å². The summed E-state index contributed by atoms with van der Waals surface area (Å²) in [7, 11) is 2.04. The number of nitrogens with two attached hydrogens (primary N) is 1. The summed E-state index contributed by atoms with van der Waals surface area (Å²) in [6.45, 7) is 5.50. The topological polar surface area (TPSA) is 45.4 Å². The molecule has 1 unspecified atom stereocenters. The quantitative estimate of drug-likeness (QED) is 0.910. The lowest BCUT2D eigenvalue weighted by Gasteiger charge is -2.28. The van der Waals surface area contributed by atoms with Crippen LogP contribution in [0.5, 0.6) is 0 Å². The Hall–Kier alpha value is -1.00. The summed E-state index contributed by atoms with van der Waals surface area (Å²) in [4.78, 5) is 8.96. The van der Waals surface area contributed by atoms with E-state index in [0.29, 0.717) is 16.8 Å². The van der Waals surface area contributed by atoms with Crippen LogP contribution in [0.3, 0.4) is 0 Å². The molecular formula is C13H21ClN4. The molecule has 1 aliphatic heterocycles. The van der Waals surface area contributed by atoms with Gasteiger partial charge in [0.15, 0.2) is 0 Å². The third kappa shape index (κ3) is 2.87. The zero-order valence-electron chi connectivity index (χ0n) is 11.1. The minimum Gasteiger partial charge on any atom is -0.397 e. The number of nitrogens with zero attached hydrogens (tertiary/aromatic N) is 3. The van der Waals surface area contributed by atoms with Gasteiger partial charge in [0.2, 0.25) is 0 Å². The summed E-state index contributed by atoms with van der Waals surface area (Å²) < 4.78 is 0. The van der Waals surface area contributed by atoms with E-state index in [2.05, 4.69) is 21.7 Å². The number of hydrogen-bond acceptors (Lipinski definition) is 4. The van der Waals surface area contributed by atoms with Crippen molar-refractivity contribution < 1.29 is 0 Å². The largest absolute Gasteiger partial charge is 0.397 e. The Morgan fingerprint density at radius 1 is 1.61 bits per heavy atom. The van der Waals surface area contributed by atoms with Gasteiger partial charge in [-0.25, -0.2) is 4.98 Å². The van der Waals surface area contributed by atoms with E-state index >= 15 is 0 Å². The Labute approximate surface area is 114 Å². The summed E-state index contributed by atoms with van der Waals surface area (Å²) in [5.41, 5.74) is 6.27. The third-order valence-electron chi connectivity index (χ3n) is 3.59. The molecule has 0 spiro atoms. The average Bonchev–Trinajstić information content (AvgIpc) is 2.76. The summed E-state index contributed by atoms with van der Waals surface area (Å²) in [5, 5.41) is 0.624. The number of rotatable bonds is 4. The number of likely N-dealkylation sites (tertiary alicyclic amines) is 1.